The van der Waals surface area contributed by atoms with E-state index in [-0.39, 0.29) is 5.41 Å². The minimum atomic E-state index is -0.0495. The van der Waals surface area contributed by atoms with Gasteiger partial charge in [0.2, 0.25) is 0 Å². The van der Waals surface area contributed by atoms with Crippen molar-refractivity contribution in [2.75, 3.05) is 4.90 Å². The number of nitrogens with zero attached hydrogens (tertiary/aromatic N) is 1. The first kappa shape index (κ1) is 28.3. The Morgan fingerprint density at radius 3 is 1.67 bits per heavy atom. The van der Waals surface area contributed by atoms with Crippen molar-refractivity contribution in [2.24, 2.45) is 0 Å². The van der Waals surface area contributed by atoms with Crippen molar-refractivity contribution in [1.29, 1.82) is 0 Å². The first-order chi connectivity index (χ1) is 23.6. The maximum absolute atomic E-state index is 2.42. The molecule has 1 nitrogen and oxygen atoms in total. The van der Waals surface area contributed by atoms with Gasteiger partial charge in [-0.3, -0.25) is 0 Å². The van der Waals surface area contributed by atoms with Crippen LogP contribution < -0.4 is 4.90 Å². The van der Waals surface area contributed by atoms with E-state index >= 15 is 0 Å². The molecule has 0 bridgehead atoms. The number of rotatable bonds is 5. The molecule has 1 aliphatic rings. The quantitative estimate of drug-likeness (QED) is 0.187. The van der Waals surface area contributed by atoms with Gasteiger partial charge in [-0.1, -0.05) is 153 Å². The van der Waals surface area contributed by atoms with Crippen LogP contribution in [0.15, 0.2) is 176 Å². The molecule has 228 valence electrons. The molecule has 0 radical (unpaired) electrons. The number of fused-ring (bicyclic) bond motifs is 6. The van der Waals surface area contributed by atoms with Crippen LogP contribution in [0.5, 0.6) is 0 Å². The van der Waals surface area contributed by atoms with Gasteiger partial charge in [0, 0.05) is 22.2 Å². The highest BCUT2D eigenvalue weighted by Crippen LogP contribution is 2.52. The largest absolute Gasteiger partial charge is 0.310 e. The molecular weight excluding hydrogens is 579 g/mol. The van der Waals surface area contributed by atoms with Gasteiger partial charge in [-0.05, 0) is 97.1 Å². The van der Waals surface area contributed by atoms with Gasteiger partial charge in [-0.2, -0.15) is 0 Å². The summed E-state index contributed by atoms with van der Waals surface area (Å²) in [5, 5.41) is 5.11. The molecule has 0 fully saturated rings. The molecule has 0 N–H and O–H groups in total. The second-order valence-corrected chi connectivity index (χ2v) is 13.4. The van der Waals surface area contributed by atoms with E-state index in [0.717, 1.165) is 11.4 Å². The summed E-state index contributed by atoms with van der Waals surface area (Å²) in [5.41, 5.74) is 13.9. The SMILES string of the molecule is CC1(C)c2cc(-c3ccc(-c4ccc(N(c5ccccc5)c5cccc6ccccc56)cc4)cc3)ccc2-c2c1ccc1ccccc21. The molecule has 0 heterocycles. The van der Waals surface area contributed by atoms with E-state index < -0.39 is 0 Å². The van der Waals surface area contributed by atoms with Gasteiger partial charge in [-0.25, -0.2) is 0 Å². The maximum atomic E-state index is 2.42. The Morgan fingerprint density at radius 1 is 0.396 bits per heavy atom. The Labute approximate surface area is 282 Å². The molecule has 0 amide bonds. The van der Waals surface area contributed by atoms with Crippen LogP contribution in [-0.2, 0) is 5.41 Å². The molecule has 8 aromatic rings. The fraction of sp³-hybridized carbons (Fsp3) is 0.0638. The van der Waals surface area contributed by atoms with E-state index in [2.05, 4.69) is 195 Å². The lowest BCUT2D eigenvalue weighted by Gasteiger charge is -2.27. The molecule has 9 rings (SSSR count). The third-order valence-corrected chi connectivity index (χ3v) is 10.3. The number of benzene rings is 8. The summed E-state index contributed by atoms with van der Waals surface area (Å²) in [4.78, 5) is 2.35. The summed E-state index contributed by atoms with van der Waals surface area (Å²) < 4.78 is 0. The Balaban J connectivity index is 1.04. The summed E-state index contributed by atoms with van der Waals surface area (Å²) in [7, 11) is 0. The van der Waals surface area contributed by atoms with Gasteiger partial charge in [0.1, 0.15) is 0 Å². The zero-order valence-corrected chi connectivity index (χ0v) is 27.2. The van der Waals surface area contributed by atoms with Gasteiger partial charge in [0.25, 0.3) is 0 Å². The Morgan fingerprint density at radius 2 is 0.938 bits per heavy atom. The van der Waals surface area contributed by atoms with E-state index in [1.54, 1.807) is 0 Å². The number of para-hydroxylation sites is 1. The Hall–Kier alpha value is -5.92. The van der Waals surface area contributed by atoms with Crippen LogP contribution in [0, 0.1) is 0 Å². The predicted octanol–water partition coefficient (Wildman–Crippen LogP) is 13.1. The van der Waals surface area contributed by atoms with Crippen molar-refractivity contribution >= 4 is 38.6 Å². The average molecular weight is 614 g/mol. The van der Waals surface area contributed by atoms with Crippen molar-refractivity contribution in [3.63, 3.8) is 0 Å². The minimum Gasteiger partial charge on any atom is -0.310 e. The van der Waals surface area contributed by atoms with Crippen molar-refractivity contribution in [3.05, 3.63) is 187 Å². The number of hydrogen-bond acceptors (Lipinski definition) is 1. The molecule has 0 unspecified atom stereocenters. The van der Waals surface area contributed by atoms with Crippen molar-refractivity contribution in [2.45, 2.75) is 19.3 Å². The van der Waals surface area contributed by atoms with E-state index in [0.29, 0.717) is 0 Å². The molecular formula is C47H35N. The average Bonchev–Trinajstić information content (AvgIpc) is 3.38. The highest BCUT2D eigenvalue weighted by molar-refractivity contribution is 6.03. The molecule has 8 aromatic carbocycles. The summed E-state index contributed by atoms with van der Waals surface area (Å²) in [6, 6.07) is 64.2. The topological polar surface area (TPSA) is 3.24 Å². The molecule has 1 aliphatic carbocycles. The van der Waals surface area contributed by atoms with Crippen LogP contribution in [-0.4, -0.2) is 0 Å². The zero-order valence-electron chi connectivity index (χ0n) is 27.2. The van der Waals surface area contributed by atoms with Crippen molar-refractivity contribution in [3.8, 4) is 33.4 Å². The molecule has 1 heteroatoms. The molecule has 0 aromatic heterocycles. The lowest BCUT2D eigenvalue weighted by Crippen LogP contribution is -2.15. The standard InChI is InChI=1S/C47H35N/c1-47(2)43-30-26-36-12-7-9-17-41(36)46(43)42-29-25-37(31-44(42)47)34-21-19-32(20-22-34)33-23-27-39(28-24-33)48(38-14-4-3-5-15-38)45-18-10-13-35-11-6-8-16-40(35)45/h3-31H,1-2H3. The van der Waals surface area contributed by atoms with E-state index in [1.165, 1.54) is 71.7 Å². The molecule has 0 saturated carbocycles. The van der Waals surface area contributed by atoms with Crippen LogP contribution in [0.4, 0.5) is 17.1 Å². The third-order valence-electron chi connectivity index (χ3n) is 10.3. The van der Waals surface area contributed by atoms with Crippen LogP contribution >= 0.6 is 0 Å². The van der Waals surface area contributed by atoms with Crippen molar-refractivity contribution < 1.29 is 0 Å². The predicted molar refractivity (Wildman–Crippen MR) is 205 cm³/mol. The smallest absolute Gasteiger partial charge is 0.0540 e. The summed E-state index contributed by atoms with van der Waals surface area (Å²) >= 11 is 0. The van der Waals surface area contributed by atoms with Gasteiger partial charge < -0.3 is 4.90 Å². The zero-order chi connectivity index (χ0) is 32.2. The Kier molecular flexibility index (Phi) is 6.55. The number of hydrogen-bond donors (Lipinski definition) is 0. The molecule has 48 heavy (non-hydrogen) atoms. The summed E-state index contributed by atoms with van der Waals surface area (Å²) in [6.45, 7) is 4.73. The van der Waals surface area contributed by atoms with Crippen molar-refractivity contribution in [1.82, 2.24) is 0 Å². The van der Waals surface area contributed by atoms with E-state index in [9.17, 15) is 0 Å². The highest BCUT2D eigenvalue weighted by atomic mass is 15.1. The fourth-order valence-electron chi connectivity index (χ4n) is 7.75. The number of anilines is 3. The van der Waals surface area contributed by atoms with Crippen LogP contribution in [0.2, 0.25) is 0 Å². The first-order valence-corrected chi connectivity index (χ1v) is 16.8. The second-order valence-electron chi connectivity index (χ2n) is 13.4. The summed E-state index contributed by atoms with van der Waals surface area (Å²) in [5.74, 6) is 0. The first-order valence-electron chi connectivity index (χ1n) is 16.8. The monoisotopic (exact) mass is 613 g/mol. The fourth-order valence-corrected chi connectivity index (χ4v) is 7.75. The van der Waals surface area contributed by atoms with Gasteiger partial charge in [0.15, 0.2) is 0 Å². The summed E-state index contributed by atoms with van der Waals surface area (Å²) in [6.07, 6.45) is 0. The van der Waals surface area contributed by atoms with Crippen LogP contribution in [0.25, 0.3) is 54.9 Å². The van der Waals surface area contributed by atoms with Gasteiger partial charge in [-0.15, -0.1) is 0 Å². The normalized spacial score (nSPS) is 13.0. The molecule has 0 atom stereocenters. The lowest BCUT2D eigenvalue weighted by atomic mass is 9.81. The van der Waals surface area contributed by atoms with Gasteiger partial charge >= 0.3 is 0 Å². The van der Waals surface area contributed by atoms with Crippen LogP contribution in [0.3, 0.4) is 0 Å². The third kappa shape index (κ3) is 4.54. The minimum absolute atomic E-state index is 0.0495. The van der Waals surface area contributed by atoms with Gasteiger partial charge in [0.05, 0.1) is 5.69 Å². The van der Waals surface area contributed by atoms with E-state index in [1.807, 2.05) is 0 Å². The highest BCUT2D eigenvalue weighted by Gasteiger charge is 2.36. The molecule has 0 aliphatic heterocycles. The second kappa shape index (κ2) is 11.1. The Bertz CT molecular complexity index is 2450. The maximum Gasteiger partial charge on any atom is 0.0540 e. The lowest BCUT2D eigenvalue weighted by molar-refractivity contribution is 0.661. The van der Waals surface area contributed by atoms with Crippen LogP contribution in [0.1, 0.15) is 25.0 Å². The molecule has 0 spiro atoms. The molecule has 0 saturated heterocycles. The van der Waals surface area contributed by atoms with E-state index in [4.69, 9.17) is 0 Å².